The Morgan fingerprint density at radius 1 is 1.23 bits per heavy atom. The number of piperazine rings is 1. The average molecular weight is 326 g/mol. The molecule has 2 aliphatic rings. The van der Waals surface area contributed by atoms with E-state index in [4.69, 9.17) is 5.73 Å². The van der Waals surface area contributed by atoms with Gasteiger partial charge in [0, 0.05) is 45.5 Å². The van der Waals surface area contributed by atoms with Crippen LogP contribution in [0.2, 0.25) is 0 Å². The molecule has 2 saturated heterocycles. The van der Waals surface area contributed by atoms with Crippen molar-refractivity contribution in [2.24, 2.45) is 11.7 Å². The molecule has 0 atom stereocenters. The van der Waals surface area contributed by atoms with Crippen LogP contribution in [-0.4, -0.2) is 61.0 Å². The molecule has 0 aromatic carbocycles. The van der Waals surface area contributed by atoms with Gasteiger partial charge in [0.25, 0.3) is 5.91 Å². The molecule has 22 heavy (non-hydrogen) atoms. The summed E-state index contributed by atoms with van der Waals surface area (Å²) < 4.78 is 0. The smallest absolute Gasteiger partial charge is 0.252 e. The highest BCUT2D eigenvalue weighted by Gasteiger charge is 2.31. The normalized spacial score (nSPS) is 18.4. The fourth-order valence-corrected chi connectivity index (χ4v) is 2.70. The van der Waals surface area contributed by atoms with E-state index >= 15 is 0 Å². The zero-order chi connectivity index (χ0) is 14.8. The lowest BCUT2D eigenvalue weighted by Crippen LogP contribution is -2.56. The molecule has 1 aromatic heterocycles. The van der Waals surface area contributed by atoms with Crippen molar-refractivity contribution in [3.63, 3.8) is 0 Å². The van der Waals surface area contributed by atoms with Crippen molar-refractivity contribution >= 4 is 30.0 Å². The first-order valence-corrected chi connectivity index (χ1v) is 7.16. The number of rotatable bonds is 3. The zero-order valence-electron chi connectivity index (χ0n) is 12.2. The second-order valence-corrected chi connectivity index (χ2v) is 5.41. The minimum Gasteiger partial charge on any atom is -0.365 e. The van der Waals surface area contributed by atoms with Crippen LogP contribution in [0.1, 0.15) is 10.4 Å². The van der Waals surface area contributed by atoms with Crippen LogP contribution in [0, 0.1) is 5.92 Å². The summed E-state index contributed by atoms with van der Waals surface area (Å²) in [4.78, 5) is 31.8. The van der Waals surface area contributed by atoms with Gasteiger partial charge in [0.1, 0.15) is 5.82 Å². The van der Waals surface area contributed by atoms with Crippen molar-refractivity contribution < 1.29 is 9.59 Å². The fourth-order valence-electron chi connectivity index (χ4n) is 2.70. The molecule has 1 aromatic rings. The van der Waals surface area contributed by atoms with Gasteiger partial charge in [-0.3, -0.25) is 9.59 Å². The lowest BCUT2D eigenvalue weighted by Gasteiger charge is -2.39. The number of nitrogens with one attached hydrogen (secondary N) is 1. The number of amides is 2. The van der Waals surface area contributed by atoms with E-state index in [1.807, 2.05) is 9.80 Å². The quantitative estimate of drug-likeness (QED) is 0.779. The maximum atomic E-state index is 12.2. The van der Waals surface area contributed by atoms with Crippen LogP contribution in [0.25, 0.3) is 0 Å². The molecular weight excluding hydrogens is 306 g/mol. The molecule has 2 amide bonds. The van der Waals surface area contributed by atoms with Gasteiger partial charge in [-0.2, -0.15) is 0 Å². The molecule has 0 bridgehead atoms. The van der Waals surface area contributed by atoms with Gasteiger partial charge in [-0.15, -0.1) is 12.4 Å². The first-order valence-electron chi connectivity index (χ1n) is 7.16. The summed E-state index contributed by atoms with van der Waals surface area (Å²) in [5, 5.41) is 3.12. The fraction of sp³-hybridized carbons (Fsp3) is 0.500. The van der Waals surface area contributed by atoms with Gasteiger partial charge in [0.05, 0.1) is 11.5 Å². The first kappa shape index (κ1) is 16.5. The average Bonchev–Trinajstić information content (AvgIpc) is 2.45. The van der Waals surface area contributed by atoms with E-state index in [-0.39, 0.29) is 24.2 Å². The van der Waals surface area contributed by atoms with E-state index in [0.717, 1.165) is 13.1 Å². The standard InChI is InChI=1S/C14H19N5O2.ClH/c15-12(20)11-2-1-3-17-13(11)18-4-6-19(7-5-18)14(21)10-8-16-9-10;/h1-3,10,16H,4-9H2,(H2,15,20);1H. The molecule has 3 heterocycles. The number of carbonyl (C=O) groups is 2. The Labute approximate surface area is 135 Å². The van der Waals surface area contributed by atoms with Gasteiger partial charge in [0.2, 0.25) is 5.91 Å². The van der Waals surface area contributed by atoms with Gasteiger partial charge >= 0.3 is 0 Å². The van der Waals surface area contributed by atoms with Crippen molar-refractivity contribution in [3.05, 3.63) is 23.9 Å². The van der Waals surface area contributed by atoms with E-state index in [1.54, 1.807) is 18.3 Å². The molecule has 2 aliphatic heterocycles. The van der Waals surface area contributed by atoms with Crippen LogP contribution in [0.3, 0.4) is 0 Å². The maximum Gasteiger partial charge on any atom is 0.252 e. The van der Waals surface area contributed by atoms with Crippen LogP contribution in [0.15, 0.2) is 18.3 Å². The van der Waals surface area contributed by atoms with Crippen molar-refractivity contribution in [2.45, 2.75) is 0 Å². The molecule has 0 saturated carbocycles. The Balaban J connectivity index is 0.00000176. The minimum atomic E-state index is -0.475. The van der Waals surface area contributed by atoms with Gasteiger partial charge in [-0.05, 0) is 12.1 Å². The number of pyridine rings is 1. The van der Waals surface area contributed by atoms with Crippen molar-refractivity contribution in [1.82, 2.24) is 15.2 Å². The summed E-state index contributed by atoms with van der Waals surface area (Å²) in [6.07, 6.45) is 1.65. The number of nitrogens with zero attached hydrogens (tertiary/aromatic N) is 3. The molecule has 3 N–H and O–H groups in total. The molecule has 3 rings (SSSR count). The molecule has 0 aliphatic carbocycles. The molecular formula is C14H20ClN5O2. The molecule has 8 heteroatoms. The van der Waals surface area contributed by atoms with E-state index in [0.29, 0.717) is 37.6 Å². The third kappa shape index (κ3) is 3.15. The Hall–Kier alpha value is -1.86. The Bertz CT molecular complexity index is 556. The number of halogens is 1. The lowest BCUT2D eigenvalue weighted by atomic mass is 10.0. The number of anilines is 1. The third-order valence-corrected chi connectivity index (χ3v) is 4.07. The van der Waals surface area contributed by atoms with Crippen LogP contribution in [-0.2, 0) is 4.79 Å². The number of nitrogens with two attached hydrogens (primary N) is 1. The van der Waals surface area contributed by atoms with Crippen LogP contribution in [0.4, 0.5) is 5.82 Å². The molecule has 0 unspecified atom stereocenters. The highest BCUT2D eigenvalue weighted by atomic mass is 35.5. The number of hydrogen-bond acceptors (Lipinski definition) is 5. The molecule has 7 nitrogen and oxygen atoms in total. The monoisotopic (exact) mass is 325 g/mol. The number of hydrogen-bond donors (Lipinski definition) is 2. The van der Waals surface area contributed by atoms with Crippen molar-refractivity contribution in [3.8, 4) is 0 Å². The summed E-state index contributed by atoms with van der Waals surface area (Å²) in [5.41, 5.74) is 5.82. The molecule has 120 valence electrons. The lowest BCUT2D eigenvalue weighted by molar-refractivity contribution is -0.137. The third-order valence-electron chi connectivity index (χ3n) is 4.07. The molecule has 2 fully saturated rings. The van der Waals surface area contributed by atoms with Crippen LogP contribution >= 0.6 is 12.4 Å². The topological polar surface area (TPSA) is 91.6 Å². The Morgan fingerprint density at radius 2 is 1.91 bits per heavy atom. The highest BCUT2D eigenvalue weighted by Crippen LogP contribution is 2.19. The predicted octanol–water partition coefficient (Wildman–Crippen LogP) is -0.530. The number of primary amides is 1. The van der Waals surface area contributed by atoms with E-state index in [9.17, 15) is 9.59 Å². The molecule has 0 radical (unpaired) electrons. The van der Waals surface area contributed by atoms with E-state index in [2.05, 4.69) is 10.3 Å². The number of aromatic nitrogens is 1. The summed E-state index contributed by atoms with van der Waals surface area (Å²) >= 11 is 0. The zero-order valence-corrected chi connectivity index (χ0v) is 13.0. The van der Waals surface area contributed by atoms with Crippen LogP contribution in [0.5, 0.6) is 0 Å². The maximum absolute atomic E-state index is 12.2. The van der Waals surface area contributed by atoms with Crippen molar-refractivity contribution in [2.75, 3.05) is 44.2 Å². The highest BCUT2D eigenvalue weighted by molar-refractivity contribution is 5.97. The number of carbonyl (C=O) groups excluding carboxylic acids is 2. The summed E-state index contributed by atoms with van der Waals surface area (Å²) in [6, 6.07) is 3.38. The second kappa shape index (κ2) is 6.93. The van der Waals surface area contributed by atoms with Gasteiger partial charge in [-0.25, -0.2) is 4.98 Å². The first-order chi connectivity index (χ1) is 10.2. The SMILES string of the molecule is Cl.NC(=O)c1cccnc1N1CCN(C(=O)C2CNC2)CC1. The van der Waals surface area contributed by atoms with Gasteiger partial charge < -0.3 is 20.9 Å². The Morgan fingerprint density at radius 3 is 2.45 bits per heavy atom. The summed E-state index contributed by atoms with van der Waals surface area (Å²) in [5.74, 6) is 0.497. The summed E-state index contributed by atoms with van der Waals surface area (Å²) in [7, 11) is 0. The van der Waals surface area contributed by atoms with Gasteiger partial charge in [0.15, 0.2) is 0 Å². The van der Waals surface area contributed by atoms with Gasteiger partial charge in [-0.1, -0.05) is 0 Å². The largest absolute Gasteiger partial charge is 0.365 e. The van der Waals surface area contributed by atoms with Crippen LogP contribution < -0.4 is 16.0 Å². The Kier molecular flexibility index (Phi) is 5.20. The molecule has 0 spiro atoms. The van der Waals surface area contributed by atoms with E-state index in [1.165, 1.54) is 0 Å². The minimum absolute atomic E-state index is 0. The summed E-state index contributed by atoms with van der Waals surface area (Å²) in [6.45, 7) is 4.22. The second-order valence-electron chi connectivity index (χ2n) is 5.41. The van der Waals surface area contributed by atoms with Crippen molar-refractivity contribution in [1.29, 1.82) is 0 Å². The predicted molar refractivity (Wildman–Crippen MR) is 85.2 cm³/mol. The van der Waals surface area contributed by atoms with E-state index < -0.39 is 5.91 Å².